The van der Waals surface area contributed by atoms with Gasteiger partial charge in [0.2, 0.25) is 11.8 Å². The van der Waals surface area contributed by atoms with Crippen molar-refractivity contribution < 1.29 is 14.7 Å². The predicted octanol–water partition coefficient (Wildman–Crippen LogP) is -2.10. The zero-order valence-electron chi connectivity index (χ0n) is 8.61. The zero-order valence-corrected chi connectivity index (χ0v) is 8.61. The molecule has 1 fully saturated rings. The quantitative estimate of drug-likeness (QED) is 0.500. The molecular formula is C9H17N3O3. The highest BCUT2D eigenvalue weighted by molar-refractivity contribution is 5.85. The minimum atomic E-state index is -0.332. The minimum absolute atomic E-state index is 0.00577. The molecule has 0 aliphatic carbocycles. The van der Waals surface area contributed by atoms with Gasteiger partial charge in [-0.1, -0.05) is 0 Å². The van der Waals surface area contributed by atoms with E-state index in [0.717, 1.165) is 6.42 Å². The molecule has 15 heavy (non-hydrogen) atoms. The summed E-state index contributed by atoms with van der Waals surface area (Å²) in [5.74, 6) is -0.270. The minimum Gasteiger partial charge on any atom is -0.396 e. The van der Waals surface area contributed by atoms with E-state index >= 15 is 0 Å². The average Bonchev–Trinajstić information content (AvgIpc) is 2.73. The molecule has 1 heterocycles. The van der Waals surface area contributed by atoms with Crippen LogP contribution in [0.5, 0.6) is 0 Å². The topological polar surface area (TPSA) is 95.7 Å². The molecule has 1 aliphatic rings. The molecule has 6 heteroatoms. The van der Waals surface area contributed by atoms with E-state index in [0.29, 0.717) is 13.1 Å². The van der Waals surface area contributed by atoms with Crippen LogP contribution in [0.4, 0.5) is 0 Å². The van der Waals surface area contributed by atoms with Crippen molar-refractivity contribution in [1.29, 1.82) is 0 Å². The first kappa shape index (κ1) is 11.9. The summed E-state index contributed by atoms with van der Waals surface area (Å²) < 4.78 is 0. The summed E-state index contributed by atoms with van der Waals surface area (Å²) in [6.07, 6.45) is 0.826. The number of nitrogens with two attached hydrogens (primary N) is 1. The Morgan fingerprint density at radius 2 is 2.27 bits per heavy atom. The molecule has 0 radical (unpaired) electrons. The van der Waals surface area contributed by atoms with Gasteiger partial charge in [0.1, 0.15) is 0 Å². The number of rotatable bonds is 4. The summed E-state index contributed by atoms with van der Waals surface area (Å²) in [6, 6.07) is 0. The fraction of sp³-hybridized carbons (Fsp3) is 0.778. The molecule has 1 saturated heterocycles. The van der Waals surface area contributed by atoms with Crippen LogP contribution in [-0.4, -0.2) is 54.6 Å². The van der Waals surface area contributed by atoms with E-state index in [1.54, 1.807) is 4.90 Å². The van der Waals surface area contributed by atoms with Gasteiger partial charge in [-0.2, -0.15) is 0 Å². The van der Waals surface area contributed by atoms with Crippen molar-refractivity contribution in [2.45, 2.75) is 6.42 Å². The zero-order chi connectivity index (χ0) is 11.3. The number of carbonyl (C=O) groups is 2. The number of aliphatic hydroxyl groups is 1. The Labute approximate surface area is 88.4 Å². The average molecular weight is 215 g/mol. The third-order valence-corrected chi connectivity index (χ3v) is 2.52. The first-order chi connectivity index (χ1) is 7.17. The van der Waals surface area contributed by atoms with Crippen molar-refractivity contribution in [3.63, 3.8) is 0 Å². The number of amides is 2. The molecule has 1 unspecified atom stereocenters. The summed E-state index contributed by atoms with van der Waals surface area (Å²) >= 11 is 0. The molecule has 6 nitrogen and oxygen atoms in total. The smallest absolute Gasteiger partial charge is 0.241 e. The fourth-order valence-corrected chi connectivity index (χ4v) is 1.57. The molecule has 1 aliphatic heterocycles. The lowest BCUT2D eigenvalue weighted by molar-refractivity contribution is -0.131. The maximum Gasteiger partial charge on any atom is 0.241 e. The Morgan fingerprint density at radius 3 is 2.80 bits per heavy atom. The standard InChI is InChI=1S/C9H17N3O3/c10-3-8(14)11-4-9(15)12-2-1-7(5-12)6-13/h7,13H,1-6,10H2,(H,11,14). The number of nitrogens with one attached hydrogen (secondary N) is 1. The molecular weight excluding hydrogens is 198 g/mol. The van der Waals surface area contributed by atoms with Gasteiger partial charge in [0.25, 0.3) is 0 Å². The van der Waals surface area contributed by atoms with Crippen molar-refractivity contribution in [1.82, 2.24) is 10.2 Å². The molecule has 0 aromatic rings. The van der Waals surface area contributed by atoms with Crippen molar-refractivity contribution in [3.05, 3.63) is 0 Å². The monoisotopic (exact) mass is 215 g/mol. The lowest BCUT2D eigenvalue weighted by atomic mass is 10.1. The van der Waals surface area contributed by atoms with Gasteiger partial charge in [-0.25, -0.2) is 0 Å². The third kappa shape index (κ3) is 3.49. The maximum atomic E-state index is 11.5. The largest absolute Gasteiger partial charge is 0.396 e. The van der Waals surface area contributed by atoms with Gasteiger partial charge < -0.3 is 21.1 Å². The van der Waals surface area contributed by atoms with E-state index in [2.05, 4.69) is 5.32 Å². The predicted molar refractivity (Wildman–Crippen MR) is 53.8 cm³/mol. The second kappa shape index (κ2) is 5.67. The Bertz CT molecular complexity index is 245. The maximum absolute atomic E-state index is 11.5. The first-order valence-electron chi connectivity index (χ1n) is 5.02. The van der Waals surface area contributed by atoms with Crippen LogP contribution in [0.15, 0.2) is 0 Å². The first-order valence-corrected chi connectivity index (χ1v) is 5.02. The highest BCUT2D eigenvalue weighted by Gasteiger charge is 2.25. The second-order valence-corrected chi connectivity index (χ2v) is 3.66. The highest BCUT2D eigenvalue weighted by atomic mass is 16.3. The van der Waals surface area contributed by atoms with Crippen LogP contribution in [-0.2, 0) is 9.59 Å². The van der Waals surface area contributed by atoms with Crippen LogP contribution in [0, 0.1) is 5.92 Å². The molecule has 0 aromatic heterocycles. The van der Waals surface area contributed by atoms with Gasteiger partial charge in [0.15, 0.2) is 0 Å². The fourth-order valence-electron chi connectivity index (χ4n) is 1.57. The number of likely N-dealkylation sites (tertiary alicyclic amines) is 1. The molecule has 0 saturated carbocycles. The Balaban J connectivity index is 2.26. The van der Waals surface area contributed by atoms with Gasteiger partial charge in [-0.15, -0.1) is 0 Å². The Kier molecular flexibility index (Phi) is 4.51. The highest BCUT2D eigenvalue weighted by Crippen LogP contribution is 2.14. The van der Waals surface area contributed by atoms with Gasteiger partial charge in [-0.05, 0) is 6.42 Å². The SMILES string of the molecule is NCC(=O)NCC(=O)N1CCC(CO)C1. The van der Waals surface area contributed by atoms with E-state index in [1.807, 2.05) is 0 Å². The van der Waals surface area contributed by atoms with E-state index in [1.165, 1.54) is 0 Å². The third-order valence-electron chi connectivity index (χ3n) is 2.52. The van der Waals surface area contributed by atoms with E-state index in [9.17, 15) is 9.59 Å². The molecule has 4 N–H and O–H groups in total. The van der Waals surface area contributed by atoms with Gasteiger partial charge >= 0.3 is 0 Å². The van der Waals surface area contributed by atoms with Crippen LogP contribution < -0.4 is 11.1 Å². The van der Waals surface area contributed by atoms with Crippen molar-refractivity contribution in [2.24, 2.45) is 11.7 Å². The summed E-state index contributed by atoms with van der Waals surface area (Å²) in [6.45, 7) is 1.23. The number of nitrogens with zero attached hydrogens (tertiary/aromatic N) is 1. The van der Waals surface area contributed by atoms with Crippen molar-refractivity contribution >= 4 is 11.8 Å². The number of hydrogen-bond donors (Lipinski definition) is 3. The van der Waals surface area contributed by atoms with Crippen molar-refractivity contribution in [3.8, 4) is 0 Å². The van der Waals surface area contributed by atoms with E-state index in [4.69, 9.17) is 10.8 Å². The molecule has 0 spiro atoms. The van der Waals surface area contributed by atoms with E-state index < -0.39 is 0 Å². The summed E-state index contributed by atoms with van der Waals surface area (Å²) in [4.78, 5) is 24.0. The van der Waals surface area contributed by atoms with Crippen LogP contribution in [0.25, 0.3) is 0 Å². The molecule has 2 amide bonds. The van der Waals surface area contributed by atoms with Crippen LogP contribution in [0.3, 0.4) is 0 Å². The Hall–Kier alpha value is -1.14. The molecule has 1 atom stereocenters. The van der Waals surface area contributed by atoms with Crippen LogP contribution >= 0.6 is 0 Å². The van der Waals surface area contributed by atoms with Crippen LogP contribution in [0.2, 0.25) is 0 Å². The van der Waals surface area contributed by atoms with Gasteiger partial charge in [0, 0.05) is 25.6 Å². The normalized spacial score (nSPS) is 20.4. The number of aliphatic hydroxyl groups excluding tert-OH is 1. The lowest BCUT2D eigenvalue weighted by Crippen LogP contribution is -2.41. The molecule has 86 valence electrons. The Morgan fingerprint density at radius 1 is 1.53 bits per heavy atom. The summed E-state index contributed by atoms with van der Waals surface area (Å²) in [5.41, 5.74) is 5.09. The number of carbonyl (C=O) groups excluding carboxylic acids is 2. The molecule has 1 rings (SSSR count). The lowest BCUT2D eigenvalue weighted by Gasteiger charge is -2.16. The number of hydrogen-bond acceptors (Lipinski definition) is 4. The van der Waals surface area contributed by atoms with Gasteiger partial charge in [0.05, 0.1) is 13.1 Å². The summed E-state index contributed by atoms with van der Waals surface area (Å²) in [5, 5.41) is 11.3. The van der Waals surface area contributed by atoms with E-state index in [-0.39, 0.29) is 37.4 Å². The van der Waals surface area contributed by atoms with Gasteiger partial charge in [-0.3, -0.25) is 9.59 Å². The summed E-state index contributed by atoms with van der Waals surface area (Å²) in [7, 11) is 0. The molecule has 0 aromatic carbocycles. The van der Waals surface area contributed by atoms with Crippen LogP contribution in [0.1, 0.15) is 6.42 Å². The molecule has 0 bridgehead atoms. The van der Waals surface area contributed by atoms with Crippen molar-refractivity contribution in [2.75, 3.05) is 32.8 Å². The second-order valence-electron chi connectivity index (χ2n) is 3.66.